The average molecular weight is 291 g/mol. The molecule has 0 aliphatic heterocycles. The fourth-order valence-corrected chi connectivity index (χ4v) is 2.53. The van der Waals surface area contributed by atoms with Crippen LogP contribution < -0.4 is 5.32 Å². The highest BCUT2D eigenvalue weighted by atomic mass is 19.4. The maximum atomic E-state index is 13.2. The Morgan fingerprint density at radius 3 is 2.60 bits per heavy atom. The van der Waals surface area contributed by atoms with Crippen molar-refractivity contribution in [2.45, 2.75) is 50.6 Å². The normalized spacial score (nSPS) is 23.9. The van der Waals surface area contributed by atoms with Crippen LogP contribution in [0.25, 0.3) is 0 Å². The minimum absolute atomic E-state index is 0.0661. The number of halogens is 4. The van der Waals surface area contributed by atoms with E-state index in [4.69, 9.17) is 0 Å². The van der Waals surface area contributed by atoms with Crippen LogP contribution in [0.2, 0.25) is 0 Å². The Kier molecular flexibility index (Phi) is 4.65. The number of hydrogen-bond acceptors (Lipinski definition) is 2. The minimum Gasteiger partial charge on any atom is -0.393 e. The van der Waals surface area contributed by atoms with E-state index < -0.39 is 17.6 Å². The van der Waals surface area contributed by atoms with E-state index in [9.17, 15) is 22.7 Å². The van der Waals surface area contributed by atoms with E-state index in [1.165, 1.54) is 0 Å². The van der Waals surface area contributed by atoms with Gasteiger partial charge in [-0.3, -0.25) is 0 Å². The van der Waals surface area contributed by atoms with E-state index in [0.29, 0.717) is 12.5 Å². The van der Waals surface area contributed by atoms with Crippen LogP contribution >= 0.6 is 0 Å². The first-order valence-corrected chi connectivity index (χ1v) is 6.62. The van der Waals surface area contributed by atoms with Crippen molar-refractivity contribution in [3.8, 4) is 0 Å². The van der Waals surface area contributed by atoms with Crippen molar-refractivity contribution in [1.82, 2.24) is 5.32 Å². The Hall–Kier alpha value is -1.14. The van der Waals surface area contributed by atoms with Crippen LogP contribution in [0.15, 0.2) is 18.2 Å². The lowest BCUT2D eigenvalue weighted by molar-refractivity contribution is -0.137. The number of nitrogens with one attached hydrogen (secondary N) is 1. The molecule has 1 aromatic rings. The van der Waals surface area contributed by atoms with Gasteiger partial charge in [-0.15, -0.1) is 0 Å². The highest BCUT2D eigenvalue weighted by molar-refractivity contribution is 5.26. The largest absolute Gasteiger partial charge is 0.416 e. The number of alkyl halides is 3. The van der Waals surface area contributed by atoms with E-state index in [1.807, 2.05) is 0 Å². The number of hydrogen-bond donors (Lipinski definition) is 2. The summed E-state index contributed by atoms with van der Waals surface area (Å²) in [5.41, 5.74) is -0.713. The van der Waals surface area contributed by atoms with Crippen LogP contribution in [0.4, 0.5) is 17.6 Å². The number of aliphatic hydroxyl groups excluding tert-OH is 1. The van der Waals surface area contributed by atoms with Gasteiger partial charge < -0.3 is 10.4 Å². The van der Waals surface area contributed by atoms with Crippen LogP contribution in [-0.4, -0.2) is 17.3 Å². The van der Waals surface area contributed by atoms with Crippen molar-refractivity contribution < 1.29 is 22.7 Å². The summed E-state index contributed by atoms with van der Waals surface area (Å²) in [6.45, 7) is 0.165. The summed E-state index contributed by atoms with van der Waals surface area (Å²) >= 11 is 0. The van der Waals surface area contributed by atoms with Crippen molar-refractivity contribution in [2.75, 3.05) is 0 Å². The van der Waals surface area contributed by atoms with Crippen LogP contribution in [0.3, 0.4) is 0 Å². The van der Waals surface area contributed by atoms with Gasteiger partial charge in [-0.05, 0) is 49.4 Å². The first kappa shape index (κ1) is 15.3. The molecule has 20 heavy (non-hydrogen) atoms. The highest BCUT2D eigenvalue weighted by Gasteiger charge is 2.31. The molecule has 0 aromatic heterocycles. The molecule has 1 saturated carbocycles. The molecule has 0 spiro atoms. The van der Waals surface area contributed by atoms with Crippen molar-refractivity contribution in [2.24, 2.45) is 0 Å². The number of benzene rings is 1. The molecular formula is C14H17F4NO. The molecule has 0 heterocycles. The minimum atomic E-state index is -4.54. The van der Waals surface area contributed by atoms with Gasteiger partial charge in [0, 0.05) is 12.6 Å². The zero-order valence-electron chi connectivity index (χ0n) is 10.9. The van der Waals surface area contributed by atoms with E-state index in [-0.39, 0.29) is 24.3 Å². The maximum Gasteiger partial charge on any atom is 0.416 e. The predicted octanol–water partition coefficient (Wildman–Crippen LogP) is 3.24. The van der Waals surface area contributed by atoms with Crippen LogP contribution in [0.5, 0.6) is 0 Å². The molecule has 0 radical (unpaired) electrons. The molecule has 1 aliphatic rings. The topological polar surface area (TPSA) is 32.3 Å². The lowest BCUT2D eigenvalue weighted by Crippen LogP contribution is -2.35. The molecule has 1 aliphatic carbocycles. The summed E-state index contributed by atoms with van der Waals surface area (Å²) in [6, 6.07) is 2.61. The van der Waals surface area contributed by atoms with Crippen LogP contribution in [-0.2, 0) is 12.7 Å². The number of aliphatic hydroxyl groups is 1. The van der Waals surface area contributed by atoms with Gasteiger partial charge in [-0.1, -0.05) is 0 Å². The predicted molar refractivity (Wildman–Crippen MR) is 66.5 cm³/mol. The first-order valence-electron chi connectivity index (χ1n) is 6.62. The summed E-state index contributed by atoms with van der Waals surface area (Å²) in [5.74, 6) is -0.889. The first-order chi connectivity index (χ1) is 9.34. The molecule has 1 fully saturated rings. The Morgan fingerprint density at radius 2 is 1.95 bits per heavy atom. The molecule has 0 amide bonds. The second kappa shape index (κ2) is 6.10. The second-order valence-corrected chi connectivity index (χ2v) is 5.24. The van der Waals surface area contributed by atoms with Gasteiger partial charge in [0.1, 0.15) is 5.82 Å². The maximum absolute atomic E-state index is 13.2. The summed E-state index contributed by atoms with van der Waals surface area (Å²) in [5, 5.41) is 12.6. The number of rotatable bonds is 3. The van der Waals surface area contributed by atoms with Crippen molar-refractivity contribution in [3.05, 3.63) is 35.1 Å². The zero-order chi connectivity index (χ0) is 14.8. The summed E-state index contributed by atoms with van der Waals surface area (Å²) in [7, 11) is 0. The molecular weight excluding hydrogens is 274 g/mol. The van der Waals surface area contributed by atoms with Gasteiger partial charge in [0.15, 0.2) is 0 Å². The Morgan fingerprint density at radius 1 is 1.20 bits per heavy atom. The molecule has 2 unspecified atom stereocenters. The molecule has 2 rings (SSSR count). The van der Waals surface area contributed by atoms with E-state index >= 15 is 0 Å². The van der Waals surface area contributed by atoms with Gasteiger partial charge >= 0.3 is 6.18 Å². The summed E-state index contributed by atoms with van der Waals surface area (Å²) in [4.78, 5) is 0. The average Bonchev–Trinajstić information content (AvgIpc) is 2.35. The fourth-order valence-electron chi connectivity index (χ4n) is 2.53. The third-order valence-electron chi connectivity index (χ3n) is 3.53. The molecule has 0 bridgehead atoms. The van der Waals surface area contributed by atoms with Crippen molar-refractivity contribution >= 4 is 0 Å². The van der Waals surface area contributed by atoms with Gasteiger partial charge in [0.2, 0.25) is 0 Å². The van der Waals surface area contributed by atoms with E-state index in [0.717, 1.165) is 31.4 Å². The molecule has 2 atom stereocenters. The molecule has 6 heteroatoms. The lowest BCUT2D eigenvalue weighted by Gasteiger charge is -2.26. The quantitative estimate of drug-likeness (QED) is 0.838. The summed E-state index contributed by atoms with van der Waals surface area (Å²) in [6.07, 6.45) is -1.80. The van der Waals surface area contributed by atoms with E-state index in [2.05, 4.69) is 5.32 Å². The van der Waals surface area contributed by atoms with Crippen LogP contribution in [0, 0.1) is 5.82 Å². The zero-order valence-corrected chi connectivity index (χ0v) is 10.9. The summed E-state index contributed by atoms with van der Waals surface area (Å²) < 4.78 is 50.9. The Labute approximate surface area is 114 Å². The van der Waals surface area contributed by atoms with Gasteiger partial charge in [-0.25, -0.2) is 4.39 Å². The van der Waals surface area contributed by atoms with Gasteiger partial charge in [0.05, 0.1) is 11.7 Å². The Bertz CT molecular complexity index is 461. The molecule has 1 aromatic carbocycles. The highest BCUT2D eigenvalue weighted by Crippen LogP contribution is 2.30. The second-order valence-electron chi connectivity index (χ2n) is 5.24. The third kappa shape index (κ3) is 4.18. The molecule has 2 N–H and O–H groups in total. The lowest BCUT2D eigenvalue weighted by atomic mass is 9.93. The molecule has 112 valence electrons. The van der Waals surface area contributed by atoms with Crippen molar-refractivity contribution in [3.63, 3.8) is 0 Å². The van der Waals surface area contributed by atoms with Crippen LogP contribution in [0.1, 0.15) is 36.8 Å². The smallest absolute Gasteiger partial charge is 0.393 e. The standard InChI is InChI=1S/C14H17F4NO/c15-11-5-9(4-10(6-11)14(16,17)18)8-19-12-2-1-3-13(20)7-12/h4-6,12-13,19-20H,1-3,7-8H2. The van der Waals surface area contributed by atoms with Gasteiger partial charge in [-0.2, -0.15) is 13.2 Å². The Balaban J connectivity index is 2.00. The monoisotopic (exact) mass is 291 g/mol. The van der Waals surface area contributed by atoms with E-state index in [1.54, 1.807) is 0 Å². The SMILES string of the molecule is OC1CCCC(NCc2cc(F)cc(C(F)(F)F)c2)C1. The third-order valence-corrected chi connectivity index (χ3v) is 3.53. The molecule has 2 nitrogen and oxygen atoms in total. The van der Waals surface area contributed by atoms with Crippen molar-refractivity contribution in [1.29, 1.82) is 0 Å². The molecule has 0 saturated heterocycles. The fraction of sp³-hybridized carbons (Fsp3) is 0.571. The van der Waals surface area contributed by atoms with Gasteiger partial charge in [0.25, 0.3) is 0 Å².